The second kappa shape index (κ2) is 7.05. The van der Waals surface area contributed by atoms with E-state index in [9.17, 15) is 19.8 Å². The predicted octanol–water partition coefficient (Wildman–Crippen LogP) is 1.95. The van der Waals surface area contributed by atoms with Gasteiger partial charge in [0.1, 0.15) is 22.6 Å². The number of aromatic carboxylic acids is 2. The summed E-state index contributed by atoms with van der Waals surface area (Å²) in [5.41, 5.74) is -0.240. The number of phenols is 2. The lowest BCUT2D eigenvalue weighted by atomic mass is 10.1. The number of benzene rings is 2. The Morgan fingerprint density at radius 2 is 1.12 bits per heavy atom. The zero-order valence-corrected chi connectivity index (χ0v) is 12.1. The third-order valence-electron chi connectivity index (χ3n) is 3.06. The van der Waals surface area contributed by atoms with Crippen LogP contribution in [-0.2, 0) is 0 Å². The highest BCUT2D eigenvalue weighted by Crippen LogP contribution is 2.22. The molecule has 0 saturated heterocycles. The molecular formula is C16H12N2O6. The van der Waals surface area contributed by atoms with Gasteiger partial charge in [0.05, 0.1) is 12.4 Å². The number of hydrogen-bond donors (Lipinski definition) is 4. The zero-order valence-electron chi connectivity index (χ0n) is 12.1. The first-order valence-electron chi connectivity index (χ1n) is 6.58. The molecule has 0 aliphatic heterocycles. The summed E-state index contributed by atoms with van der Waals surface area (Å²) in [4.78, 5) is 21.8. The second-order valence-corrected chi connectivity index (χ2v) is 4.59. The van der Waals surface area contributed by atoms with E-state index < -0.39 is 23.4 Å². The number of aromatic hydroxyl groups is 2. The van der Waals surface area contributed by atoms with Gasteiger partial charge in [-0.15, -0.1) is 0 Å². The molecule has 2 aromatic carbocycles. The quantitative estimate of drug-likeness (QED) is 0.488. The van der Waals surface area contributed by atoms with Gasteiger partial charge in [0, 0.05) is 11.1 Å². The summed E-state index contributed by atoms with van der Waals surface area (Å²) in [5.74, 6) is -3.44. The fourth-order valence-corrected chi connectivity index (χ4v) is 1.87. The third kappa shape index (κ3) is 3.55. The molecule has 0 atom stereocenters. The van der Waals surface area contributed by atoms with Crippen LogP contribution < -0.4 is 0 Å². The van der Waals surface area contributed by atoms with Crippen LogP contribution in [0.25, 0.3) is 0 Å². The first kappa shape index (κ1) is 16.7. The topological polar surface area (TPSA) is 140 Å². The van der Waals surface area contributed by atoms with Crippen LogP contribution in [0.2, 0.25) is 0 Å². The molecule has 0 aromatic heterocycles. The molecule has 0 saturated carbocycles. The van der Waals surface area contributed by atoms with E-state index in [4.69, 9.17) is 10.2 Å². The predicted molar refractivity (Wildman–Crippen MR) is 85.3 cm³/mol. The summed E-state index contributed by atoms with van der Waals surface area (Å²) >= 11 is 0. The number of rotatable bonds is 5. The van der Waals surface area contributed by atoms with Crippen molar-refractivity contribution in [3.8, 4) is 11.5 Å². The highest BCUT2D eigenvalue weighted by Gasteiger charge is 2.12. The van der Waals surface area contributed by atoms with Crippen molar-refractivity contribution in [3.05, 3.63) is 58.7 Å². The largest absolute Gasteiger partial charge is 0.506 e. The Bertz CT molecular complexity index is 786. The number of hydrogen-bond acceptors (Lipinski definition) is 6. The molecule has 0 heterocycles. The third-order valence-corrected chi connectivity index (χ3v) is 3.06. The van der Waals surface area contributed by atoms with Crippen molar-refractivity contribution in [2.45, 2.75) is 0 Å². The maximum absolute atomic E-state index is 10.9. The highest BCUT2D eigenvalue weighted by molar-refractivity contribution is 5.97. The second-order valence-electron chi connectivity index (χ2n) is 4.59. The molecule has 0 aliphatic carbocycles. The lowest BCUT2D eigenvalue weighted by Crippen LogP contribution is -1.98. The van der Waals surface area contributed by atoms with Crippen molar-refractivity contribution in [1.29, 1.82) is 0 Å². The van der Waals surface area contributed by atoms with Crippen LogP contribution in [0.1, 0.15) is 31.8 Å². The van der Waals surface area contributed by atoms with Gasteiger partial charge >= 0.3 is 11.9 Å². The van der Waals surface area contributed by atoms with Crippen molar-refractivity contribution in [2.24, 2.45) is 10.2 Å². The monoisotopic (exact) mass is 328 g/mol. The van der Waals surface area contributed by atoms with Crippen LogP contribution in [-0.4, -0.2) is 44.8 Å². The number of para-hydroxylation sites is 2. The molecule has 0 fully saturated rings. The molecule has 8 heteroatoms. The van der Waals surface area contributed by atoms with Gasteiger partial charge in [-0.05, 0) is 24.3 Å². The lowest BCUT2D eigenvalue weighted by Gasteiger charge is -2.02. The van der Waals surface area contributed by atoms with Crippen LogP contribution in [0.3, 0.4) is 0 Å². The van der Waals surface area contributed by atoms with E-state index in [1.54, 1.807) is 0 Å². The molecule has 0 amide bonds. The number of carbonyl (C=O) groups is 2. The van der Waals surface area contributed by atoms with E-state index >= 15 is 0 Å². The Kier molecular flexibility index (Phi) is 4.90. The summed E-state index contributed by atoms with van der Waals surface area (Å²) in [5, 5.41) is 44.7. The first-order chi connectivity index (χ1) is 11.4. The Labute approximate surface area is 135 Å². The maximum atomic E-state index is 10.9. The smallest absolute Gasteiger partial charge is 0.339 e. The van der Waals surface area contributed by atoms with Crippen LogP contribution in [0.4, 0.5) is 0 Å². The minimum Gasteiger partial charge on any atom is -0.506 e. The van der Waals surface area contributed by atoms with E-state index in [1.165, 1.54) is 36.4 Å². The van der Waals surface area contributed by atoms with Gasteiger partial charge in [-0.3, -0.25) is 0 Å². The molecule has 24 heavy (non-hydrogen) atoms. The van der Waals surface area contributed by atoms with Crippen molar-refractivity contribution in [3.63, 3.8) is 0 Å². The fraction of sp³-hybridized carbons (Fsp3) is 0. The lowest BCUT2D eigenvalue weighted by molar-refractivity contribution is 0.0682. The molecule has 2 rings (SSSR count). The minimum atomic E-state index is -1.28. The van der Waals surface area contributed by atoms with Crippen molar-refractivity contribution in [2.75, 3.05) is 0 Å². The van der Waals surface area contributed by atoms with Gasteiger partial charge in [-0.1, -0.05) is 12.1 Å². The van der Waals surface area contributed by atoms with Gasteiger partial charge in [-0.2, -0.15) is 10.2 Å². The van der Waals surface area contributed by atoms with E-state index in [2.05, 4.69) is 10.2 Å². The average Bonchev–Trinajstić information content (AvgIpc) is 2.53. The zero-order chi connectivity index (χ0) is 17.7. The van der Waals surface area contributed by atoms with E-state index in [0.717, 1.165) is 12.4 Å². The van der Waals surface area contributed by atoms with Crippen molar-refractivity contribution < 1.29 is 30.0 Å². The van der Waals surface area contributed by atoms with E-state index in [0.29, 0.717) is 0 Å². The first-order valence-corrected chi connectivity index (χ1v) is 6.58. The van der Waals surface area contributed by atoms with Gasteiger partial charge < -0.3 is 20.4 Å². The molecule has 0 radical (unpaired) electrons. The summed E-state index contributed by atoms with van der Waals surface area (Å²) in [6.07, 6.45) is 2.27. The molecule has 0 unspecified atom stereocenters. The number of nitrogens with zero attached hydrogens (tertiary/aromatic N) is 2. The molecule has 4 N–H and O–H groups in total. The molecule has 0 spiro atoms. The molecule has 122 valence electrons. The Morgan fingerprint density at radius 3 is 1.46 bits per heavy atom. The molecule has 0 aliphatic rings. The average molecular weight is 328 g/mol. The molecule has 8 nitrogen and oxygen atoms in total. The van der Waals surface area contributed by atoms with Gasteiger partial charge in [0.15, 0.2) is 0 Å². The standard InChI is InChI=1S/C16H12N2O6/c19-13-9(3-1-5-11(13)15(21)22)7-17-18-8-10-4-2-6-12(14(10)20)16(23)24/h1-8,19-20H,(H,21,22)(H,23,24). The fourth-order valence-electron chi connectivity index (χ4n) is 1.87. The van der Waals surface area contributed by atoms with Gasteiger partial charge in [-0.25, -0.2) is 9.59 Å². The van der Waals surface area contributed by atoms with Gasteiger partial charge in [0.25, 0.3) is 0 Å². The van der Waals surface area contributed by atoms with Crippen LogP contribution >= 0.6 is 0 Å². The van der Waals surface area contributed by atoms with E-state index in [1.807, 2.05) is 0 Å². The van der Waals surface area contributed by atoms with Crippen LogP contribution in [0.5, 0.6) is 11.5 Å². The maximum Gasteiger partial charge on any atom is 0.339 e. The van der Waals surface area contributed by atoms with Crippen molar-refractivity contribution >= 4 is 24.4 Å². The Morgan fingerprint density at radius 1 is 0.750 bits per heavy atom. The molecule has 2 aromatic rings. The van der Waals surface area contributed by atoms with Crippen LogP contribution in [0, 0.1) is 0 Å². The normalized spacial score (nSPS) is 11.2. The number of carboxylic acids is 2. The Balaban J connectivity index is 2.23. The molecular weight excluding hydrogens is 316 g/mol. The summed E-state index contributed by atoms with van der Waals surface area (Å²) < 4.78 is 0. The summed E-state index contributed by atoms with van der Waals surface area (Å²) in [7, 11) is 0. The van der Waals surface area contributed by atoms with Gasteiger partial charge in [0.2, 0.25) is 0 Å². The summed E-state index contributed by atoms with van der Waals surface area (Å²) in [6, 6.07) is 8.26. The Hall–Kier alpha value is -3.68. The van der Waals surface area contributed by atoms with Crippen molar-refractivity contribution in [1.82, 2.24) is 0 Å². The van der Waals surface area contributed by atoms with E-state index in [-0.39, 0.29) is 22.3 Å². The molecule has 0 bridgehead atoms. The highest BCUT2D eigenvalue weighted by atomic mass is 16.4. The summed E-state index contributed by atoms with van der Waals surface area (Å²) in [6.45, 7) is 0. The van der Waals surface area contributed by atoms with Crippen LogP contribution in [0.15, 0.2) is 46.6 Å². The SMILES string of the molecule is O=C(O)c1cccc(C=NN=Cc2cccc(C(=O)O)c2O)c1O. The number of carboxylic acid groups (broad SMARTS) is 2. The minimum absolute atomic E-state index is 0.149.